The summed E-state index contributed by atoms with van der Waals surface area (Å²) in [7, 11) is -2.92. The van der Waals surface area contributed by atoms with Gasteiger partial charge in [-0.2, -0.15) is 0 Å². The molecule has 0 N–H and O–H groups in total. The Hall–Kier alpha value is -0.980. The average molecular weight is 357 g/mol. The van der Waals surface area contributed by atoms with Gasteiger partial charge >= 0.3 is 0 Å². The average Bonchev–Trinajstić information content (AvgIpc) is 2.90. The fraction of sp³-hybridized carbons (Fsp3) is 0.667. The van der Waals surface area contributed by atoms with Crippen molar-refractivity contribution in [2.24, 2.45) is 0 Å². The predicted molar refractivity (Wildman–Crippen MR) is 96.3 cm³/mol. The highest BCUT2D eigenvalue weighted by Crippen LogP contribution is 2.20. The van der Waals surface area contributed by atoms with Gasteiger partial charge in [-0.3, -0.25) is 4.90 Å². The Morgan fingerprint density at radius 3 is 2.54 bits per heavy atom. The summed E-state index contributed by atoms with van der Waals surface area (Å²) < 4.78 is 37.1. The van der Waals surface area contributed by atoms with E-state index >= 15 is 0 Å². The van der Waals surface area contributed by atoms with E-state index in [1.165, 1.54) is 6.07 Å². The fourth-order valence-electron chi connectivity index (χ4n) is 3.36. The topological polar surface area (TPSA) is 40.6 Å². The first kappa shape index (κ1) is 19.3. The summed E-state index contributed by atoms with van der Waals surface area (Å²) in [4.78, 5) is 4.59. The molecule has 1 fully saturated rings. The molecular formula is C18H29FN2O2S. The first-order chi connectivity index (χ1) is 11.4. The third-order valence-electron chi connectivity index (χ3n) is 4.81. The van der Waals surface area contributed by atoms with Crippen LogP contribution in [0.3, 0.4) is 0 Å². The minimum atomic E-state index is -2.92. The zero-order valence-electron chi connectivity index (χ0n) is 14.7. The SMILES string of the molecule is CCN(CC)CCCN(Cc1cccc(F)c1)[C@@H]1CCS(=O)(=O)C1. The summed E-state index contributed by atoms with van der Waals surface area (Å²) >= 11 is 0. The van der Waals surface area contributed by atoms with Crippen LogP contribution in [-0.4, -0.2) is 61.9 Å². The van der Waals surface area contributed by atoms with Gasteiger partial charge in [-0.1, -0.05) is 26.0 Å². The lowest BCUT2D eigenvalue weighted by Gasteiger charge is -2.29. The Balaban J connectivity index is 2.01. The number of nitrogens with zero attached hydrogens (tertiary/aromatic N) is 2. The Kier molecular flexibility index (Phi) is 7.19. The molecule has 4 nitrogen and oxygen atoms in total. The van der Waals surface area contributed by atoms with Gasteiger partial charge in [0.1, 0.15) is 5.82 Å². The molecule has 1 heterocycles. The van der Waals surface area contributed by atoms with Gasteiger partial charge in [0.15, 0.2) is 9.84 Å². The van der Waals surface area contributed by atoms with Crippen molar-refractivity contribution < 1.29 is 12.8 Å². The molecule has 1 aliphatic heterocycles. The van der Waals surface area contributed by atoms with Crippen molar-refractivity contribution in [3.63, 3.8) is 0 Å². The zero-order chi connectivity index (χ0) is 17.6. The quantitative estimate of drug-likeness (QED) is 0.682. The van der Waals surface area contributed by atoms with Gasteiger partial charge in [0.25, 0.3) is 0 Å². The van der Waals surface area contributed by atoms with Crippen LogP contribution in [0.25, 0.3) is 0 Å². The highest BCUT2D eigenvalue weighted by atomic mass is 32.2. The summed E-state index contributed by atoms with van der Waals surface area (Å²) in [6.07, 6.45) is 1.68. The van der Waals surface area contributed by atoms with Crippen LogP contribution in [-0.2, 0) is 16.4 Å². The standard InChI is InChI=1S/C18H29FN2O2S/c1-3-20(4-2)10-6-11-21(18-9-12-24(22,23)15-18)14-16-7-5-8-17(19)13-16/h5,7-8,13,18H,3-4,6,9-12,14-15H2,1-2H3/t18-/m1/s1. The summed E-state index contributed by atoms with van der Waals surface area (Å²) in [5.41, 5.74) is 0.905. The lowest BCUT2D eigenvalue weighted by molar-refractivity contribution is 0.186. The molecule has 0 saturated carbocycles. The first-order valence-corrected chi connectivity index (χ1v) is 10.7. The molecule has 0 bridgehead atoms. The maximum atomic E-state index is 13.4. The van der Waals surface area contributed by atoms with Gasteiger partial charge in [-0.25, -0.2) is 12.8 Å². The van der Waals surface area contributed by atoms with Gasteiger partial charge < -0.3 is 4.90 Å². The summed E-state index contributed by atoms with van der Waals surface area (Å²) in [5, 5.41) is 0. The van der Waals surface area contributed by atoms with E-state index in [-0.39, 0.29) is 23.4 Å². The van der Waals surface area contributed by atoms with E-state index in [4.69, 9.17) is 0 Å². The van der Waals surface area contributed by atoms with Crippen molar-refractivity contribution in [1.82, 2.24) is 9.80 Å². The van der Waals surface area contributed by atoms with Gasteiger partial charge in [-0.15, -0.1) is 0 Å². The number of rotatable bonds is 9. The second kappa shape index (κ2) is 8.92. The van der Waals surface area contributed by atoms with Gasteiger partial charge in [-0.05, 0) is 50.2 Å². The number of hydrogen-bond acceptors (Lipinski definition) is 4. The van der Waals surface area contributed by atoms with Crippen LogP contribution in [0.4, 0.5) is 4.39 Å². The van der Waals surface area contributed by atoms with Crippen molar-refractivity contribution in [3.8, 4) is 0 Å². The first-order valence-electron chi connectivity index (χ1n) is 8.84. The molecule has 136 valence electrons. The van der Waals surface area contributed by atoms with Crippen LogP contribution in [0.2, 0.25) is 0 Å². The maximum Gasteiger partial charge on any atom is 0.151 e. The molecule has 0 unspecified atom stereocenters. The largest absolute Gasteiger partial charge is 0.304 e. The van der Waals surface area contributed by atoms with Gasteiger partial charge in [0, 0.05) is 19.1 Å². The monoisotopic (exact) mass is 356 g/mol. The molecule has 1 aromatic rings. The highest BCUT2D eigenvalue weighted by molar-refractivity contribution is 7.91. The molecular weight excluding hydrogens is 327 g/mol. The molecule has 2 rings (SSSR count). The molecule has 1 saturated heterocycles. The van der Waals surface area contributed by atoms with Crippen LogP contribution in [0.15, 0.2) is 24.3 Å². The van der Waals surface area contributed by atoms with E-state index in [9.17, 15) is 12.8 Å². The summed E-state index contributed by atoms with van der Waals surface area (Å²) in [6.45, 7) is 8.81. The van der Waals surface area contributed by atoms with E-state index in [1.54, 1.807) is 12.1 Å². The molecule has 0 radical (unpaired) electrons. The Morgan fingerprint density at radius 1 is 1.21 bits per heavy atom. The molecule has 0 spiro atoms. The Morgan fingerprint density at radius 2 is 1.96 bits per heavy atom. The van der Waals surface area contributed by atoms with E-state index in [2.05, 4.69) is 23.6 Å². The molecule has 1 aromatic carbocycles. The molecule has 1 aliphatic rings. The van der Waals surface area contributed by atoms with Crippen LogP contribution in [0, 0.1) is 5.82 Å². The lowest BCUT2D eigenvalue weighted by atomic mass is 10.1. The van der Waals surface area contributed by atoms with Crippen molar-refractivity contribution in [2.75, 3.05) is 37.7 Å². The van der Waals surface area contributed by atoms with E-state index < -0.39 is 9.84 Å². The maximum absolute atomic E-state index is 13.4. The van der Waals surface area contributed by atoms with Crippen LogP contribution in [0.1, 0.15) is 32.3 Å². The number of benzene rings is 1. The van der Waals surface area contributed by atoms with Crippen molar-refractivity contribution in [1.29, 1.82) is 0 Å². The zero-order valence-corrected chi connectivity index (χ0v) is 15.6. The molecule has 6 heteroatoms. The van der Waals surface area contributed by atoms with Crippen LogP contribution >= 0.6 is 0 Å². The molecule has 0 aliphatic carbocycles. The van der Waals surface area contributed by atoms with Crippen molar-refractivity contribution in [3.05, 3.63) is 35.6 Å². The predicted octanol–water partition coefficient (Wildman–Crippen LogP) is 2.55. The van der Waals surface area contributed by atoms with Crippen molar-refractivity contribution >= 4 is 9.84 Å². The van der Waals surface area contributed by atoms with Crippen LogP contribution in [0.5, 0.6) is 0 Å². The van der Waals surface area contributed by atoms with E-state index in [1.807, 2.05) is 6.07 Å². The fourth-order valence-corrected chi connectivity index (χ4v) is 5.12. The highest BCUT2D eigenvalue weighted by Gasteiger charge is 2.32. The minimum absolute atomic E-state index is 0.0509. The van der Waals surface area contributed by atoms with Crippen LogP contribution < -0.4 is 0 Å². The van der Waals surface area contributed by atoms with E-state index in [0.29, 0.717) is 13.0 Å². The Bertz CT molecular complexity index is 617. The summed E-state index contributed by atoms with van der Waals surface area (Å²) in [5.74, 6) is 0.260. The lowest BCUT2D eigenvalue weighted by Crippen LogP contribution is -2.38. The third kappa shape index (κ3) is 5.83. The second-order valence-electron chi connectivity index (χ2n) is 6.54. The molecule has 1 atom stereocenters. The van der Waals surface area contributed by atoms with Gasteiger partial charge in [0.05, 0.1) is 11.5 Å². The smallest absolute Gasteiger partial charge is 0.151 e. The Labute approximate surface area is 145 Å². The normalized spacial score (nSPS) is 20.1. The number of hydrogen-bond donors (Lipinski definition) is 0. The summed E-state index contributed by atoms with van der Waals surface area (Å²) in [6, 6.07) is 6.65. The van der Waals surface area contributed by atoms with Gasteiger partial charge in [0.2, 0.25) is 0 Å². The molecule has 0 amide bonds. The van der Waals surface area contributed by atoms with E-state index in [0.717, 1.165) is 38.2 Å². The third-order valence-corrected chi connectivity index (χ3v) is 6.56. The molecule has 24 heavy (non-hydrogen) atoms. The van der Waals surface area contributed by atoms with Crippen molar-refractivity contribution in [2.45, 2.75) is 39.3 Å². The number of sulfone groups is 1. The minimum Gasteiger partial charge on any atom is -0.304 e. The molecule has 0 aromatic heterocycles. The second-order valence-corrected chi connectivity index (χ2v) is 8.77. The number of halogens is 1.